The summed E-state index contributed by atoms with van der Waals surface area (Å²) >= 11 is 0.240. The van der Waals surface area contributed by atoms with Gasteiger partial charge < -0.3 is 0 Å². The summed E-state index contributed by atoms with van der Waals surface area (Å²) < 4.78 is 1.34. The summed E-state index contributed by atoms with van der Waals surface area (Å²) in [6, 6.07) is 0. The predicted octanol–water partition coefficient (Wildman–Crippen LogP) is 5.42. The molecule has 2 heteroatoms. The van der Waals surface area contributed by atoms with E-state index in [4.69, 9.17) is 0 Å². The molecule has 4 bridgehead atoms. The van der Waals surface area contributed by atoms with Crippen molar-refractivity contribution >= 4 is 34.1 Å². The first-order valence-corrected chi connectivity index (χ1v) is 18.6. The van der Waals surface area contributed by atoms with Crippen molar-refractivity contribution in [2.45, 2.75) is 73.1 Å². The zero-order valence-electron chi connectivity index (χ0n) is 14.6. The molecule has 0 saturated heterocycles. The third kappa shape index (κ3) is 1.94. The summed E-state index contributed by atoms with van der Waals surface area (Å²) in [5, 5.41) is 0. The monoisotopic (exact) mass is 530 g/mol. The van der Waals surface area contributed by atoms with E-state index >= 15 is 0 Å². The molecule has 22 heavy (non-hydrogen) atoms. The van der Waals surface area contributed by atoms with Crippen LogP contribution in [0.5, 0.6) is 0 Å². The summed E-state index contributed by atoms with van der Waals surface area (Å²) in [4.78, 5) is 0. The van der Waals surface area contributed by atoms with Crippen LogP contribution < -0.4 is 0 Å². The first kappa shape index (κ1) is 16.5. The molecule has 0 aliphatic heterocycles. The number of hydrogen-bond acceptors (Lipinski definition) is 0. The number of fused-ring (bicyclic) bond motifs is 4. The van der Waals surface area contributed by atoms with Crippen LogP contribution in [0.1, 0.15) is 66.2 Å². The summed E-state index contributed by atoms with van der Waals surface area (Å²) in [7, 11) is 0. The van der Waals surface area contributed by atoms with Crippen molar-refractivity contribution in [1.82, 2.24) is 0 Å². The van der Waals surface area contributed by atoms with E-state index in [0.29, 0.717) is 17.8 Å². The molecule has 0 N–H and O–H groups in total. The Morgan fingerprint density at radius 2 is 1.14 bits per heavy atom. The van der Waals surface area contributed by atoms with Gasteiger partial charge in [0.2, 0.25) is 0 Å². The van der Waals surface area contributed by atoms with Gasteiger partial charge in [-0.25, -0.2) is 0 Å². The fraction of sp³-hybridized carbons (Fsp3) is 0.800. The first-order chi connectivity index (χ1) is 10.1. The van der Waals surface area contributed by atoms with E-state index in [1.165, 1.54) is 38.5 Å². The summed E-state index contributed by atoms with van der Waals surface area (Å²) in [5.74, 6) is 1.91. The molecule has 4 aliphatic rings. The van der Waals surface area contributed by atoms with E-state index in [-0.39, 0.29) is 34.1 Å². The standard InChI is InChI=1S/C20H30Te2/c1-13-17(3,4)15-7-9-19(13,11-15)21-22-20-10-8-16(12-20)18(5,6)14(20)2/h15-16H,1-2,7-12H2,3-6H3/t15-,16-,19-,20-/m1/s1. The van der Waals surface area contributed by atoms with E-state index in [0.717, 1.165) is 11.8 Å². The molecule has 0 amide bonds. The Morgan fingerprint density at radius 1 is 0.773 bits per heavy atom. The van der Waals surface area contributed by atoms with Gasteiger partial charge in [-0.1, -0.05) is 0 Å². The molecule has 0 nitrogen and oxygen atoms in total. The van der Waals surface area contributed by atoms with E-state index in [1.54, 1.807) is 11.1 Å². The van der Waals surface area contributed by atoms with Crippen LogP contribution in [0.3, 0.4) is 0 Å². The van der Waals surface area contributed by atoms with Crippen LogP contribution in [0.2, 0.25) is 6.93 Å². The van der Waals surface area contributed by atoms with Crippen LogP contribution in [0, 0.1) is 22.7 Å². The quantitative estimate of drug-likeness (QED) is 0.341. The van der Waals surface area contributed by atoms with Gasteiger partial charge in [-0.2, -0.15) is 0 Å². The summed E-state index contributed by atoms with van der Waals surface area (Å²) in [6.45, 7) is 19.2. The third-order valence-electron chi connectivity index (χ3n) is 8.00. The van der Waals surface area contributed by atoms with E-state index in [1.807, 2.05) is 0 Å². The molecule has 0 heterocycles. The predicted molar refractivity (Wildman–Crippen MR) is 97.4 cm³/mol. The van der Waals surface area contributed by atoms with Crippen LogP contribution in [0.15, 0.2) is 24.3 Å². The van der Waals surface area contributed by atoms with Gasteiger partial charge in [-0.15, -0.1) is 0 Å². The second-order valence-corrected chi connectivity index (χ2v) is 21.2. The van der Waals surface area contributed by atoms with Gasteiger partial charge in [0, 0.05) is 0 Å². The van der Waals surface area contributed by atoms with Crippen molar-refractivity contribution in [3.8, 4) is 0 Å². The zero-order valence-corrected chi connectivity index (χ0v) is 19.3. The van der Waals surface area contributed by atoms with Gasteiger partial charge in [-0.05, 0) is 0 Å². The normalized spacial score (nSPS) is 47.6. The molecular weight excluding hydrogens is 495 g/mol. The van der Waals surface area contributed by atoms with Crippen molar-refractivity contribution in [3.05, 3.63) is 24.3 Å². The van der Waals surface area contributed by atoms with Crippen LogP contribution in [-0.4, -0.2) is 34.1 Å². The van der Waals surface area contributed by atoms with Gasteiger partial charge in [0.15, 0.2) is 0 Å². The third-order valence-corrected chi connectivity index (χ3v) is 27.4. The molecule has 0 spiro atoms. The van der Waals surface area contributed by atoms with E-state index in [9.17, 15) is 0 Å². The maximum absolute atomic E-state index is 4.64. The minimum absolute atomic E-state index is 0.120. The van der Waals surface area contributed by atoms with Crippen molar-refractivity contribution in [3.63, 3.8) is 0 Å². The Morgan fingerprint density at radius 3 is 1.41 bits per heavy atom. The first-order valence-electron chi connectivity index (χ1n) is 8.91. The fourth-order valence-electron chi connectivity index (χ4n) is 5.88. The molecule has 4 saturated carbocycles. The number of hydrogen-bond donors (Lipinski definition) is 0. The van der Waals surface area contributed by atoms with Crippen LogP contribution in [-0.2, 0) is 0 Å². The zero-order chi connectivity index (χ0) is 16.0. The van der Waals surface area contributed by atoms with Crippen LogP contribution >= 0.6 is 0 Å². The average Bonchev–Trinajstić information content (AvgIpc) is 3.15. The Hall–Kier alpha value is 1.06. The second-order valence-electron chi connectivity index (χ2n) is 9.44. The molecule has 0 aromatic heterocycles. The molecule has 0 aromatic rings. The number of rotatable bonds is 3. The van der Waals surface area contributed by atoms with Crippen molar-refractivity contribution in [1.29, 1.82) is 0 Å². The molecule has 4 rings (SSSR count). The summed E-state index contributed by atoms with van der Waals surface area (Å²) in [6.07, 6.45) is 9.02. The fourth-order valence-corrected chi connectivity index (χ4v) is 27.3. The van der Waals surface area contributed by atoms with E-state index in [2.05, 4.69) is 40.9 Å². The van der Waals surface area contributed by atoms with Gasteiger partial charge in [0.05, 0.1) is 0 Å². The molecule has 122 valence electrons. The van der Waals surface area contributed by atoms with E-state index < -0.39 is 0 Å². The van der Waals surface area contributed by atoms with Crippen LogP contribution in [0.4, 0.5) is 0 Å². The number of allylic oxidation sites excluding steroid dienone is 2. The Balaban J connectivity index is 1.55. The molecule has 0 aromatic carbocycles. The maximum atomic E-state index is 4.64. The SMILES string of the molecule is C=C1C(C)(C)[C@@H]2CC[C@@]1([Te][Te][C@]13CC[C@H](C1)C(C)(C)C3=C)C2. The molecule has 0 radical (unpaired) electrons. The Bertz CT molecular complexity index is 508. The second kappa shape index (κ2) is 4.82. The summed E-state index contributed by atoms with van der Waals surface area (Å²) in [5.41, 5.74) is 4.24. The topological polar surface area (TPSA) is 0 Å². The molecular formula is C20H30Te2. The molecule has 4 fully saturated rings. The molecule has 0 unspecified atom stereocenters. The minimum atomic E-state index is 0.120. The van der Waals surface area contributed by atoms with Gasteiger partial charge >= 0.3 is 154 Å². The van der Waals surface area contributed by atoms with Crippen LogP contribution in [0.25, 0.3) is 0 Å². The van der Waals surface area contributed by atoms with Gasteiger partial charge in [-0.3, -0.25) is 0 Å². The van der Waals surface area contributed by atoms with Gasteiger partial charge in [0.1, 0.15) is 0 Å². The average molecular weight is 526 g/mol. The van der Waals surface area contributed by atoms with Crippen molar-refractivity contribution < 1.29 is 0 Å². The van der Waals surface area contributed by atoms with Gasteiger partial charge in [0.25, 0.3) is 0 Å². The molecule has 4 atom stereocenters. The Kier molecular flexibility index (Phi) is 3.62. The molecule has 4 aliphatic carbocycles. The van der Waals surface area contributed by atoms with Crippen molar-refractivity contribution in [2.24, 2.45) is 22.7 Å². The Labute approximate surface area is 153 Å². The van der Waals surface area contributed by atoms with Crippen molar-refractivity contribution in [2.75, 3.05) is 0 Å².